The number of aromatic nitrogens is 1. The van der Waals surface area contributed by atoms with Crippen LogP contribution in [0.3, 0.4) is 0 Å². The number of para-hydroxylation sites is 1. The zero-order chi connectivity index (χ0) is 13.5. The number of hydrogen-bond donors (Lipinski definition) is 1. The molecule has 0 bridgehead atoms. The number of nitrogens with two attached hydrogens (primary N) is 1. The van der Waals surface area contributed by atoms with Gasteiger partial charge in [-0.15, -0.1) is 0 Å². The van der Waals surface area contributed by atoms with Crippen molar-refractivity contribution in [2.45, 2.75) is 45.1 Å². The molecule has 1 aromatic carbocycles. The van der Waals surface area contributed by atoms with E-state index in [1.54, 1.807) is 0 Å². The van der Waals surface area contributed by atoms with Crippen LogP contribution in [0.2, 0.25) is 0 Å². The molecule has 1 aromatic heterocycles. The van der Waals surface area contributed by atoms with Gasteiger partial charge >= 0.3 is 0 Å². The molecular weight excluding hydrogens is 232 g/mol. The Labute approximate surface area is 115 Å². The van der Waals surface area contributed by atoms with Gasteiger partial charge in [-0.2, -0.15) is 0 Å². The maximum Gasteiger partial charge on any atom is 0.0704 e. The van der Waals surface area contributed by atoms with E-state index < -0.39 is 0 Å². The summed E-state index contributed by atoms with van der Waals surface area (Å²) in [7, 11) is 0. The van der Waals surface area contributed by atoms with Crippen LogP contribution in [-0.4, -0.2) is 10.5 Å². The second-order valence-corrected chi connectivity index (χ2v) is 6.87. The molecule has 1 aliphatic carbocycles. The molecule has 0 aliphatic heterocycles. The van der Waals surface area contributed by atoms with Crippen LogP contribution in [-0.2, 0) is 6.42 Å². The predicted molar refractivity (Wildman–Crippen MR) is 80.0 cm³/mol. The molecule has 0 radical (unpaired) electrons. The monoisotopic (exact) mass is 254 g/mol. The van der Waals surface area contributed by atoms with Gasteiger partial charge in [0.25, 0.3) is 0 Å². The molecule has 2 nitrogen and oxygen atoms in total. The van der Waals surface area contributed by atoms with E-state index in [9.17, 15) is 0 Å². The standard InChI is InChI=1S/C17H22N2/c1-16(2)8-9-17(18,12-16)11-13-7-10-19-15-6-4-3-5-14(13)15/h3-7,10H,8-9,11-12,18H2,1-2H3. The highest BCUT2D eigenvalue weighted by Crippen LogP contribution is 2.44. The lowest BCUT2D eigenvalue weighted by Gasteiger charge is -2.27. The number of hydrogen-bond acceptors (Lipinski definition) is 2. The summed E-state index contributed by atoms with van der Waals surface area (Å²) in [5, 5.41) is 1.25. The van der Waals surface area contributed by atoms with E-state index in [2.05, 4.69) is 43.1 Å². The molecule has 1 fully saturated rings. The average Bonchev–Trinajstić information content (AvgIpc) is 2.64. The SMILES string of the molecule is CC1(C)CCC(N)(Cc2ccnc3ccccc23)C1. The predicted octanol–water partition coefficient (Wildman–Crippen LogP) is 3.68. The normalized spacial score (nSPS) is 25.8. The molecule has 1 aliphatic rings. The fourth-order valence-electron chi connectivity index (χ4n) is 3.56. The van der Waals surface area contributed by atoms with Gasteiger partial charge in [-0.05, 0) is 48.8 Å². The van der Waals surface area contributed by atoms with Crippen LogP contribution in [0.15, 0.2) is 36.5 Å². The summed E-state index contributed by atoms with van der Waals surface area (Å²) in [4.78, 5) is 4.43. The Morgan fingerprint density at radius 1 is 1.16 bits per heavy atom. The minimum absolute atomic E-state index is 0.0480. The first kappa shape index (κ1) is 12.6. The third-order valence-corrected chi connectivity index (χ3v) is 4.41. The zero-order valence-corrected chi connectivity index (χ0v) is 11.8. The molecule has 2 aromatic rings. The van der Waals surface area contributed by atoms with Crippen LogP contribution in [0.1, 0.15) is 38.7 Å². The highest BCUT2D eigenvalue weighted by molar-refractivity contribution is 5.81. The zero-order valence-electron chi connectivity index (χ0n) is 11.8. The van der Waals surface area contributed by atoms with Crippen molar-refractivity contribution in [3.8, 4) is 0 Å². The minimum atomic E-state index is -0.0480. The van der Waals surface area contributed by atoms with Crippen molar-refractivity contribution >= 4 is 10.9 Å². The highest BCUT2D eigenvalue weighted by atomic mass is 14.8. The molecule has 1 heterocycles. The molecule has 100 valence electrons. The van der Waals surface area contributed by atoms with Crippen LogP contribution < -0.4 is 5.73 Å². The Morgan fingerprint density at radius 3 is 2.68 bits per heavy atom. The molecule has 1 saturated carbocycles. The second-order valence-electron chi connectivity index (χ2n) is 6.87. The van der Waals surface area contributed by atoms with E-state index in [-0.39, 0.29) is 5.54 Å². The van der Waals surface area contributed by atoms with Gasteiger partial charge in [0.1, 0.15) is 0 Å². The number of benzene rings is 1. The number of nitrogens with zero attached hydrogens (tertiary/aromatic N) is 1. The van der Waals surface area contributed by atoms with Crippen molar-refractivity contribution in [1.29, 1.82) is 0 Å². The van der Waals surface area contributed by atoms with Crippen molar-refractivity contribution in [3.63, 3.8) is 0 Å². The quantitative estimate of drug-likeness (QED) is 0.887. The number of fused-ring (bicyclic) bond motifs is 1. The lowest BCUT2D eigenvalue weighted by molar-refractivity contribution is 0.335. The highest BCUT2D eigenvalue weighted by Gasteiger charge is 2.40. The van der Waals surface area contributed by atoms with Crippen LogP contribution in [0.25, 0.3) is 10.9 Å². The molecule has 1 atom stereocenters. The van der Waals surface area contributed by atoms with E-state index in [0.29, 0.717) is 5.41 Å². The topological polar surface area (TPSA) is 38.9 Å². The second kappa shape index (κ2) is 4.31. The third-order valence-electron chi connectivity index (χ3n) is 4.41. The lowest BCUT2D eigenvalue weighted by Crippen LogP contribution is -2.40. The van der Waals surface area contributed by atoms with E-state index in [1.807, 2.05) is 12.3 Å². The van der Waals surface area contributed by atoms with Gasteiger partial charge < -0.3 is 5.73 Å². The third kappa shape index (κ3) is 2.50. The fraction of sp³-hybridized carbons (Fsp3) is 0.471. The van der Waals surface area contributed by atoms with Crippen molar-refractivity contribution in [2.75, 3.05) is 0 Å². The van der Waals surface area contributed by atoms with Crippen LogP contribution >= 0.6 is 0 Å². The summed E-state index contributed by atoms with van der Waals surface area (Å²) >= 11 is 0. The van der Waals surface area contributed by atoms with E-state index >= 15 is 0 Å². The first-order chi connectivity index (χ1) is 8.98. The molecule has 2 heteroatoms. The average molecular weight is 254 g/mol. The number of pyridine rings is 1. The van der Waals surface area contributed by atoms with E-state index in [1.165, 1.54) is 17.4 Å². The van der Waals surface area contributed by atoms with Gasteiger partial charge in [0.05, 0.1) is 5.52 Å². The molecule has 19 heavy (non-hydrogen) atoms. The van der Waals surface area contributed by atoms with Crippen molar-refractivity contribution in [3.05, 3.63) is 42.1 Å². The Bertz CT molecular complexity index is 598. The van der Waals surface area contributed by atoms with E-state index in [0.717, 1.165) is 24.8 Å². The van der Waals surface area contributed by atoms with Gasteiger partial charge in [0, 0.05) is 17.1 Å². The van der Waals surface area contributed by atoms with Gasteiger partial charge in [-0.25, -0.2) is 0 Å². The van der Waals surface area contributed by atoms with Crippen LogP contribution in [0.5, 0.6) is 0 Å². The fourth-order valence-corrected chi connectivity index (χ4v) is 3.56. The molecule has 0 spiro atoms. The molecule has 3 rings (SSSR count). The first-order valence-corrected chi connectivity index (χ1v) is 7.09. The smallest absolute Gasteiger partial charge is 0.0704 e. The summed E-state index contributed by atoms with van der Waals surface area (Å²) < 4.78 is 0. The van der Waals surface area contributed by atoms with Crippen LogP contribution in [0, 0.1) is 5.41 Å². The van der Waals surface area contributed by atoms with Gasteiger partial charge in [-0.3, -0.25) is 4.98 Å². The van der Waals surface area contributed by atoms with Gasteiger partial charge in [0.2, 0.25) is 0 Å². The van der Waals surface area contributed by atoms with Gasteiger partial charge in [0.15, 0.2) is 0 Å². The largest absolute Gasteiger partial charge is 0.325 e. The Hall–Kier alpha value is -1.41. The molecule has 0 saturated heterocycles. The van der Waals surface area contributed by atoms with Crippen molar-refractivity contribution in [2.24, 2.45) is 11.1 Å². The molecule has 2 N–H and O–H groups in total. The first-order valence-electron chi connectivity index (χ1n) is 7.09. The summed E-state index contributed by atoms with van der Waals surface area (Å²) in [6.07, 6.45) is 6.32. The Morgan fingerprint density at radius 2 is 1.95 bits per heavy atom. The maximum atomic E-state index is 6.64. The summed E-state index contributed by atoms with van der Waals surface area (Å²) in [5.41, 5.74) is 9.38. The van der Waals surface area contributed by atoms with E-state index in [4.69, 9.17) is 5.73 Å². The summed E-state index contributed by atoms with van der Waals surface area (Å²) in [5.74, 6) is 0. The molecular formula is C17H22N2. The Kier molecular flexibility index (Phi) is 2.86. The summed E-state index contributed by atoms with van der Waals surface area (Å²) in [6.45, 7) is 4.65. The molecule has 1 unspecified atom stereocenters. The summed E-state index contributed by atoms with van der Waals surface area (Å²) in [6, 6.07) is 10.5. The maximum absolute atomic E-state index is 6.64. The Balaban J connectivity index is 1.94. The van der Waals surface area contributed by atoms with Crippen molar-refractivity contribution < 1.29 is 0 Å². The minimum Gasteiger partial charge on any atom is -0.325 e. The van der Waals surface area contributed by atoms with Crippen LogP contribution in [0.4, 0.5) is 0 Å². The lowest BCUT2D eigenvalue weighted by atomic mass is 9.84. The molecule has 0 amide bonds. The number of rotatable bonds is 2. The van der Waals surface area contributed by atoms with Gasteiger partial charge in [-0.1, -0.05) is 32.0 Å². The van der Waals surface area contributed by atoms with Crippen molar-refractivity contribution in [1.82, 2.24) is 4.98 Å².